The molecule has 1 saturated heterocycles. The van der Waals surface area contributed by atoms with Crippen molar-refractivity contribution < 1.29 is 8.42 Å². The molecule has 1 aliphatic heterocycles. The highest BCUT2D eigenvalue weighted by atomic mass is 32.2. The molecule has 0 radical (unpaired) electrons. The zero-order valence-electron chi connectivity index (χ0n) is 20.4. The first-order valence-corrected chi connectivity index (χ1v) is 13.5. The summed E-state index contributed by atoms with van der Waals surface area (Å²) in [6.07, 6.45) is 1.79. The molecule has 0 spiro atoms. The Morgan fingerprint density at radius 1 is 0.943 bits per heavy atom. The van der Waals surface area contributed by atoms with E-state index in [1.807, 2.05) is 30.3 Å². The minimum absolute atomic E-state index is 0.364. The van der Waals surface area contributed by atoms with Crippen LogP contribution in [-0.4, -0.2) is 58.3 Å². The van der Waals surface area contributed by atoms with Gasteiger partial charge < -0.3 is 0 Å². The fourth-order valence-electron chi connectivity index (χ4n) is 4.61. The standard InChI is InChI=1S/C27H31N5O2S/c1-20(2)22-9-11-24(12-10-22)35(33,34)31-16-14-30(15-17-31)19-26-29-25-8-5-13-28-27(25)32(26)23-7-4-6-21(3)18-23/h4-13,18,20H,14-17,19H2,1-3H3. The first kappa shape index (κ1) is 23.7. The number of piperazine rings is 1. The smallest absolute Gasteiger partial charge is 0.243 e. The monoisotopic (exact) mass is 489 g/mol. The number of nitrogens with zero attached hydrogens (tertiary/aromatic N) is 5. The SMILES string of the molecule is Cc1cccc(-n2c(CN3CCN(S(=O)(=O)c4ccc(C(C)C)cc4)CC3)nc3cccnc32)c1. The van der Waals surface area contributed by atoms with Gasteiger partial charge in [-0.25, -0.2) is 18.4 Å². The second-order valence-corrected chi connectivity index (χ2v) is 11.4. The minimum Gasteiger partial charge on any atom is -0.293 e. The normalized spacial score (nSPS) is 15.8. The molecule has 0 N–H and O–H groups in total. The summed E-state index contributed by atoms with van der Waals surface area (Å²) in [5, 5.41) is 0. The van der Waals surface area contributed by atoms with Crippen LogP contribution in [0.1, 0.15) is 36.7 Å². The molecule has 5 rings (SSSR count). The van der Waals surface area contributed by atoms with E-state index >= 15 is 0 Å². The Bertz CT molecular complexity index is 1440. The number of benzene rings is 2. The second-order valence-electron chi connectivity index (χ2n) is 9.45. The molecule has 1 aliphatic rings. The molecule has 0 bridgehead atoms. The molecule has 0 atom stereocenters. The van der Waals surface area contributed by atoms with Crippen LogP contribution in [0.2, 0.25) is 0 Å². The molecule has 2 aromatic carbocycles. The summed E-state index contributed by atoms with van der Waals surface area (Å²) in [6.45, 7) is 9.11. The average molecular weight is 490 g/mol. The zero-order valence-corrected chi connectivity index (χ0v) is 21.2. The van der Waals surface area contributed by atoms with Crippen molar-refractivity contribution in [1.82, 2.24) is 23.7 Å². The quantitative estimate of drug-likeness (QED) is 0.403. The van der Waals surface area contributed by atoms with Crippen LogP contribution in [0.4, 0.5) is 0 Å². The highest BCUT2D eigenvalue weighted by Crippen LogP contribution is 2.24. The van der Waals surface area contributed by atoms with Crippen LogP contribution in [0.15, 0.2) is 71.8 Å². The number of fused-ring (bicyclic) bond motifs is 1. The predicted molar refractivity (Wildman–Crippen MR) is 138 cm³/mol. The van der Waals surface area contributed by atoms with Gasteiger partial charge in [0.1, 0.15) is 11.3 Å². The van der Waals surface area contributed by atoms with Gasteiger partial charge in [-0.15, -0.1) is 0 Å². The van der Waals surface area contributed by atoms with E-state index < -0.39 is 10.0 Å². The Morgan fingerprint density at radius 3 is 2.37 bits per heavy atom. The van der Waals surface area contributed by atoms with Gasteiger partial charge in [-0.3, -0.25) is 9.47 Å². The largest absolute Gasteiger partial charge is 0.293 e. The predicted octanol–water partition coefficient (Wildman–Crippen LogP) is 4.36. The van der Waals surface area contributed by atoms with Gasteiger partial charge in [0.2, 0.25) is 10.0 Å². The Balaban J connectivity index is 1.34. The highest BCUT2D eigenvalue weighted by molar-refractivity contribution is 7.89. The minimum atomic E-state index is -3.50. The maximum Gasteiger partial charge on any atom is 0.243 e. The molecule has 8 heteroatoms. The molecule has 1 fully saturated rings. The van der Waals surface area contributed by atoms with Gasteiger partial charge in [-0.05, 0) is 60.4 Å². The van der Waals surface area contributed by atoms with Crippen LogP contribution >= 0.6 is 0 Å². The number of imidazole rings is 1. The van der Waals surface area contributed by atoms with E-state index in [1.54, 1.807) is 22.6 Å². The van der Waals surface area contributed by atoms with Crippen LogP contribution in [-0.2, 0) is 16.6 Å². The van der Waals surface area contributed by atoms with E-state index in [1.165, 1.54) is 5.56 Å². The number of pyridine rings is 1. The molecule has 0 aliphatic carbocycles. The molecular weight excluding hydrogens is 458 g/mol. The van der Waals surface area contributed by atoms with Crippen LogP contribution < -0.4 is 0 Å². The van der Waals surface area contributed by atoms with E-state index in [2.05, 4.69) is 53.4 Å². The third kappa shape index (κ3) is 4.74. The maximum atomic E-state index is 13.2. The topological polar surface area (TPSA) is 71.3 Å². The molecule has 0 unspecified atom stereocenters. The zero-order chi connectivity index (χ0) is 24.6. The Morgan fingerprint density at radius 2 is 1.69 bits per heavy atom. The number of hydrogen-bond donors (Lipinski definition) is 0. The second kappa shape index (κ2) is 9.53. The average Bonchev–Trinajstić information content (AvgIpc) is 3.22. The lowest BCUT2D eigenvalue weighted by atomic mass is 10.0. The maximum absolute atomic E-state index is 13.2. The summed E-state index contributed by atoms with van der Waals surface area (Å²) in [4.78, 5) is 12.1. The van der Waals surface area contributed by atoms with Crippen molar-refractivity contribution in [3.05, 3.63) is 83.8 Å². The lowest BCUT2D eigenvalue weighted by Gasteiger charge is -2.33. The van der Waals surface area contributed by atoms with Gasteiger partial charge >= 0.3 is 0 Å². The van der Waals surface area contributed by atoms with Crippen molar-refractivity contribution in [3.8, 4) is 5.69 Å². The number of sulfonamides is 1. The lowest BCUT2D eigenvalue weighted by molar-refractivity contribution is 0.177. The van der Waals surface area contributed by atoms with Crippen molar-refractivity contribution in [2.75, 3.05) is 26.2 Å². The van der Waals surface area contributed by atoms with Crippen molar-refractivity contribution in [2.24, 2.45) is 0 Å². The first-order chi connectivity index (χ1) is 16.8. The summed E-state index contributed by atoms with van der Waals surface area (Å²) in [5.74, 6) is 1.28. The number of hydrogen-bond acceptors (Lipinski definition) is 5. The number of rotatable bonds is 6. The summed E-state index contributed by atoms with van der Waals surface area (Å²) in [6, 6.07) is 19.5. The first-order valence-electron chi connectivity index (χ1n) is 12.0. The summed E-state index contributed by atoms with van der Waals surface area (Å²) in [5.41, 5.74) is 5.03. The van der Waals surface area contributed by atoms with E-state index in [0.29, 0.717) is 43.5 Å². The molecule has 0 amide bonds. The third-order valence-electron chi connectivity index (χ3n) is 6.63. The molecule has 2 aromatic heterocycles. The summed E-state index contributed by atoms with van der Waals surface area (Å²) < 4.78 is 30.1. The van der Waals surface area contributed by atoms with Gasteiger partial charge in [0, 0.05) is 38.1 Å². The van der Waals surface area contributed by atoms with Crippen LogP contribution in [0.5, 0.6) is 0 Å². The summed E-state index contributed by atoms with van der Waals surface area (Å²) >= 11 is 0. The van der Waals surface area contributed by atoms with Gasteiger partial charge in [0.25, 0.3) is 0 Å². The molecule has 182 valence electrons. The van der Waals surface area contributed by atoms with Crippen LogP contribution in [0, 0.1) is 6.92 Å². The fraction of sp³-hybridized carbons (Fsp3) is 0.333. The molecule has 0 saturated carbocycles. The Labute approximate surface area is 207 Å². The Hall–Kier alpha value is -3.07. The number of aromatic nitrogens is 3. The molecule has 4 aromatic rings. The van der Waals surface area contributed by atoms with Crippen molar-refractivity contribution in [3.63, 3.8) is 0 Å². The molecule has 3 heterocycles. The fourth-order valence-corrected chi connectivity index (χ4v) is 6.03. The van der Waals surface area contributed by atoms with Crippen molar-refractivity contribution in [1.29, 1.82) is 0 Å². The molecule has 7 nitrogen and oxygen atoms in total. The van der Waals surface area contributed by atoms with Gasteiger partial charge in [-0.1, -0.05) is 38.1 Å². The van der Waals surface area contributed by atoms with Gasteiger partial charge in [0.15, 0.2) is 5.65 Å². The Kier molecular flexibility index (Phi) is 6.44. The molecular formula is C27H31N5O2S. The van der Waals surface area contributed by atoms with Crippen LogP contribution in [0.3, 0.4) is 0 Å². The highest BCUT2D eigenvalue weighted by Gasteiger charge is 2.29. The van der Waals surface area contributed by atoms with Gasteiger partial charge in [0.05, 0.1) is 11.4 Å². The van der Waals surface area contributed by atoms with E-state index in [-0.39, 0.29) is 0 Å². The van der Waals surface area contributed by atoms with Crippen molar-refractivity contribution >= 4 is 21.2 Å². The molecule has 35 heavy (non-hydrogen) atoms. The van der Waals surface area contributed by atoms with Gasteiger partial charge in [-0.2, -0.15) is 4.31 Å². The summed E-state index contributed by atoms with van der Waals surface area (Å²) in [7, 11) is -3.50. The van der Waals surface area contributed by atoms with Crippen molar-refractivity contribution in [2.45, 2.75) is 38.1 Å². The van der Waals surface area contributed by atoms with E-state index in [0.717, 1.165) is 28.2 Å². The van der Waals surface area contributed by atoms with E-state index in [9.17, 15) is 8.42 Å². The lowest BCUT2D eigenvalue weighted by Crippen LogP contribution is -2.48. The third-order valence-corrected chi connectivity index (χ3v) is 8.54. The van der Waals surface area contributed by atoms with E-state index in [4.69, 9.17) is 4.98 Å². The number of aryl methyl sites for hydroxylation is 1. The van der Waals surface area contributed by atoms with Crippen LogP contribution in [0.25, 0.3) is 16.9 Å².